The van der Waals surface area contributed by atoms with Crippen LogP contribution in [-0.4, -0.2) is 79.0 Å². The summed E-state index contributed by atoms with van der Waals surface area (Å²) >= 11 is 0. The molecule has 0 aliphatic carbocycles. The molecule has 1 rings (SSSR count). The minimum atomic E-state index is -3.39. The number of rotatable bonds is 7. The first-order chi connectivity index (χ1) is 11.6. The van der Waals surface area contributed by atoms with Gasteiger partial charge in [-0.15, -0.1) is 0 Å². The number of likely N-dealkylation sites (tertiary alicyclic amines) is 1. The molecule has 0 amide bonds. The lowest BCUT2D eigenvalue weighted by atomic mass is 9.90. The highest BCUT2D eigenvalue weighted by Crippen LogP contribution is 2.26. The minimum absolute atomic E-state index is 0.00254. The van der Waals surface area contributed by atoms with Crippen LogP contribution in [0.3, 0.4) is 0 Å². The van der Waals surface area contributed by atoms with Gasteiger partial charge in [0, 0.05) is 25.2 Å². The third kappa shape index (κ3) is 7.43. The van der Waals surface area contributed by atoms with E-state index in [9.17, 15) is 13.5 Å². The van der Waals surface area contributed by atoms with Gasteiger partial charge in [-0.05, 0) is 46.0 Å². The summed E-state index contributed by atoms with van der Waals surface area (Å²) in [7, 11) is -3.39. The van der Waals surface area contributed by atoms with E-state index in [2.05, 4.69) is 25.7 Å². The largest absolute Gasteiger partial charge is 0.393 e. The van der Waals surface area contributed by atoms with Crippen LogP contribution in [0.1, 0.15) is 61.3 Å². The zero-order chi connectivity index (χ0) is 20.3. The molecule has 1 aliphatic heterocycles. The topological polar surface area (TPSA) is 70.1 Å². The minimum Gasteiger partial charge on any atom is -0.393 e. The van der Waals surface area contributed by atoms with E-state index in [1.165, 1.54) is 6.26 Å². The van der Waals surface area contributed by atoms with Crippen LogP contribution in [0, 0.1) is 5.41 Å². The maximum atomic E-state index is 12.6. The van der Waals surface area contributed by atoms with Crippen molar-refractivity contribution in [1.29, 1.82) is 0 Å². The predicted molar refractivity (Wildman–Crippen MR) is 107 cm³/mol. The zero-order valence-electron chi connectivity index (χ0n) is 17.9. The Kier molecular flexibility index (Phi) is 8.12. The Hall–Kier alpha value is -0.210. The smallest absolute Gasteiger partial charge is 0.212 e. The second-order valence-corrected chi connectivity index (χ2v) is 11.6. The van der Waals surface area contributed by atoms with Gasteiger partial charge in [0.05, 0.1) is 31.1 Å². The van der Waals surface area contributed by atoms with Crippen LogP contribution < -0.4 is 0 Å². The van der Waals surface area contributed by atoms with E-state index in [1.54, 1.807) is 4.31 Å². The fourth-order valence-corrected chi connectivity index (χ4v) is 5.08. The first kappa shape index (κ1) is 23.8. The van der Waals surface area contributed by atoms with Gasteiger partial charge in [0.15, 0.2) is 0 Å². The number of sulfonamides is 1. The quantitative estimate of drug-likeness (QED) is 0.720. The van der Waals surface area contributed by atoms with Gasteiger partial charge in [-0.2, -0.15) is 4.31 Å². The molecule has 0 aromatic carbocycles. The maximum absolute atomic E-state index is 12.6. The van der Waals surface area contributed by atoms with Crippen LogP contribution in [0.2, 0.25) is 0 Å². The Morgan fingerprint density at radius 3 is 2.04 bits per heavy atom. The summed E-state index contributed by atoms with van der Waals surface area (Å²) in [5.41, 5.74) is -0.528. The normalized spacial score (nSPS) is 21.2. The van der Waals surface area contributed by atoms with Crippen molar-refractivity contribution in [3.05, 3.63) is 0 Å². The molecule has 1 aliphatic rings. The van der Waals surface area contributed by atoms with Crippen molar-refractivity contribution >= 4 is 10.0 Å². The standard InChI is InChI=1S/C19H40N2O4S/c1-15(18(2,3)4)25-14-16(13-20-11-9-17(22)10-12-20)21(19(5,6)7)26(8,23)24/h15-17,22H,9-14H2,1-8H3. The Bertz CT molecular complexity index is 529. The van der Waals surface area contributed by atoms with E-state index < -0.39 is 15.6 Å². The van der Waals surface area contributed by atoms with Gasteiger partial charge in [-0.25, -0.2) is 8.42 Å². The van der Waals surface area contributed by atoms with Gasteiger partial charge >= 0.3 is 0 Å². The average Bonchev–Trinajstić information content (AvgIpc) is 2.42. The number of hydrogen-bond acceptors (Lipinski definition) is 5. The second-order valence-electron chi connectivity index (χ2n) is 9.76. The van der Waals surface area contributed by atoms with Crippen LogP contribution in [0.5, 0.6) is 0 Å². The highest BCUT2D eigenvalue weighted by molar-refractivity contribution is 7.88. The summed E-state index contributed by atoms with van der Waals surface area (Å²) in [6.45, 7) is 16.7. The van der Waals surface area contributed by atoms with Gasteiger partial charge in [-0.1, -0.05) is 20.8 Å². The molecule has 1 N–H and O–H groups in total. The summed E-state index contributed by atoms with van der Waals surface area (Å²) < 4.78 is 32.9. The van der Waals surface area contributed by atoms with Crippen molar-refractivity contribution in [3.8, 4) is 0 Å². The first-order valence-electron chi connectivity index (χ1n) is 9.64. The molecule has 7 heteroatoms. The summed E-state index contributed by atoms with van der Waals surface area (Å²) in [6, 6.07) is -0.259. The number of hydrogen-bond donors (Lipinski definition) is 1. The van der Waals surface area contributed by atoms with Crippen molar-refractivity contribution in [2.45, 2.75) is 85.1 Å². The molecule has 0 bridgehead atoms. The number of ether oxygens (including phenoxy) is 1. The molecule has 2 atom stereocenters. The lowest BCUT2D eigenvalue weighted by molar-refractivity contribution is -0.0392. The van der Waals surface area contributed by atoms with E-state index >= 15 is 0 Å². The molecular formula is C19H40N2O4S. The first-order valence-corrected chi connectivity index (χ1v) is 11.5. The molecule has 0 spiro atoms. The zero-order valence-corrected chi connectivity index (χ0v) is 18.8. The van der Waals surface area contributed by atoms with Crippen molar-refractivity contribution in [3.63, 3.8) is 0 Å². The van der Waals surface area contributed by atoms with Crippen molar-refractivity contribution in [2.75, 3.05) is 32.5 Å². The summed E-state index contributed by atoms with van der Waals surface area (Å²) in [5, 5.41) is 9.74. The van der Waals surface area contributed by atoms with Gasteiger partial charge in [0.25, 0.3) is 0 Å². The molecule has 0 aromatic heterocycles. The number of aliphatic hydroxyl groups is 1. The SMILES string of the molecule is CC(OCC(CN1CCC(O)CC1)N(C(C)(C)C)S(C)(=O)=O)C(C)(C)C. The number of aliphatic hydroxyl groups excluding tert-OH is 1. The third-order valence-electron chi connectivity index (χ3n) is 5.13. The van der Waals surface area contributed by atoms with Crippen molar-refractivity contribution < 1.29 is 18.3 Å². The molecule has 156 valence electrons. The Balaban J connectivity index is 2.99. The predicted octanol–water partition coefficient (Wildman–Crippen LogP) is 2.32. The molecule has 0 saturated carbocycles. The summed E-state index contributed by atoms with van der Waals surface area (Å²) in [5.74, 6) is 0. The Morgan fingerprint density at radius 2 is 1.65 bits per heavy atom. The van der Waals surface area contributed by atoms with Crippen molar-refractivity contribution in [2.24, 2.45) is 5.41 Å². The van der Waals surface area contributed by atoms with E-state index in [-0.39, 0.29) is 23.7 Å². The van der Waals surface area contributed by atoms with Gasteiger partial charge in [0.1, 0.15) is 0 Å². The molecule has 6 nitrogen and oxygen atoms in total. The van der Waals surface area contributed by atoms with Crippen LogP contribution in [-0.2, 0) is 14.8 Å². The highest BCUT2D eigenvalue weighted by Gasteiger charge is 2.38. The average molecular weight is 393 g/mol. The maximum Gasteiger partial charge on any atom is 0.212 e. The van der Waals surface area contributed by atoms with E-state index in [0.29, 0.717) is 13.2 Å². The van der Waals surface area contributed by atoms with Gasteiger partial charge in [0.2, 0.25) is 10.0 Å². The highest BCUT2D eigenvalue weighted by atomic mass is 32.2. The summed E-state index contributed by atoms with van der Waals surface area (Å²) in [4.78, 5) is 2.24. The van der Waals surface area contributed by atoms with E-state index in [0.717, 1.165) is 25.9 Å². The number of piperidine rings is 1. The Morgan fingerprint density at radius 1 is 1.15 bits per heavy atom. The third-order valence-corrected chi connectivity index (χ3v) is 6.69. The van der Waals surface area contributed by atoms with Gasteiger partial charge < -0.3 is 14.7 Å². The molecule has 26 heavy (non-hydrogen) atoms. The van der Waals surface area contributed by atoms with Crippen LogP contribution in [0.4, 0.5) is 0 Å². The van der Waals surface area contributed by atoms with Gasteiger partial charge in [-0.3, -0.25) is 0 Å². The fraction of sp³-hybridized carbons (Fsp3) is 1.00. The molecule has 2 unspecified atom stereocenters. The van der Waals surface area contributed by atoms with Crippen LogP contribution in [0.15, 0.2) is 0 Å². The van der Waals surface area contributed by atoms with Crippen LogP contribution >= 0.6 is 0 Å². The number of nitrogens with zero attached hydrogens (tertiary/aromatic N) is 2. The molecule has 1 heterocycles. The molecule has 1 saturated heterocycles. The van der Waals surface area contributed by atoms with Crippen molar-refractivity contribution in [1.82, 2.24) is 9.21 Å². The fourth-order valence-electron chi connectivity index (χ4n) is 3.42. The summed E-state index contributed by atoms with van der Waals surface area (Å²) in [6.07, 6.45) is 2.53. The monoisotopic (exact) mass is 392 g/mol. The van der Waals surface area contributed by atoms with E-state index in [1.807, 2.05) is 27.7 Å². The second kappa shape index (κ2) is 8.86. The Labute approximate surface area is 160 Å². The molecular weight excluding hydrogens is 352 g/mol. The molecule has 0 aromatic rings. The molecule has 0 radical (unpaired) electrons. The molecule has 1 fully saturated rings. The van der Waals surface area contributed by atoms with Crippen LogP contribution in [0.25, 0.3) is 0 Å². The lowest BCUT2D eigenvalue weighted by Crippen LogP contribution is -2.57. The lowest BCUT2D eigenvalue weighted by Gasteiger charge is -2.43. The van der Waals surface area contributed by atoms with E-state index in [4.69, 9.17) is 4.74 Å².